The average Bonchev–Trinajstić information content (AvgIpc) is 3.24. The van der Waals surface area contributed by atoms with Crippen molar-refractivity contribution in [3.8, 4) is 0 Å². The van der Waals surface area contributed by atoms with Gasteiger partial charge in [0.1, 0.15) is 5.82 Å². The lowest BCUT2D eigenvalue weighted by atomic mass is 9.71. The van der Waals surface area contributed by atoms with Crippen LogP contribution in [0.2, 0.25) is 0 Å². The van der Waals surface area contributed by atoms with Gasteiger partial charge in [0.2, 0.25) is 18.2 Å². The van der Waals surface area contributed by atoms with E-state index in [0.717, 1.165) is 48.7 Å². The minimum Gasteiger partial charge on any atom is -0.371 e. The molecule has 0 atom stereocenters. The Balaban J connectivity index is 0.000000242. The summed E-state index contributed by atoms with van der Waals surface area (Å²) in [5.74, 6) is 0.608. The second-order valence-electron chi connectivity index (χ2n) is 14.9. The highest BCUT2D eigenvalue weighted by atomic mass is 19.1. The summed E-state index contributed by atoms with van der Waals surface area (Å²) >= 11 is 0. The fourth-order valence-electron chi connectivity index (χ4n) is 7.97. The molecule has 55 heavy (non-hydrogen) atoms. The van der Waals surface area contributed by atoms with Crippen molar-refractivity contribution in [2.24, 2.45) is 5.92 Å². The molecule has 8 rings (SSSR count). The minimum atomic E-state index is -0.235. The van der Waals surface area contributed by atoms with Crippen molar-refractivity contribution in [1.29, 1.82) is 0 Å². The van der Waals surface area contributed by atoms with Crippen molar-refractivity contribution in [2.45, 2.75) is 116 Å². The van der Waals surface area contributed by atoms with E-state index in [1.54, 1.807) is 30.0 Å². The monoisotopic (exact) mass is 762 g/mol. The normalized spacial score (nSPS) is 21.9. The third kappa shape index (κ3) is 11.9. The number of H-pyrrole nitrogens is 1. The molecule has 0 unspecified atom stereocenters. The molecule has 5 aliphatic rings. The molecule has 2 aliphatic carbocycles. The molecule has 4 heterocycles. The zero-order valence-electron chi connectivity index (χ0n) is 33.7. The molecule has 3 amide bonds. The van der Waals surface area contributed by atoms with Gasteiger partial charge in [0.05, 0.1) is 29.8 Å². The summed E-state index contributed by atoms with van der Waals surface area (Å²) < 4.78 is 19.5. The van der Waals surface area contributed by atoms with E-state index in [4.69, 9.17) is 4.74 Å². The van der Waals surface area contributed by atoms with E-state index in [1.165, 1.54) is 38.2 Å². The molecule has 11 nitrogen and oxygen atoms in total. The van der Waals surface area contributed by atoms with Crippen molar-refractivity contribution < 1.29 is 23.5 Å². The number of hydrogen-bond acceptors (Lipinski definition) is 7. The van der Waals surface area contributed by atoms with E-state index in [1.807, 2.05) is 50.8 Å². The number of halogens is 1. The van der Waals surface area contributed by atoms with Crippen molar-refractivity contribution in [3.05, 3.63) is 75.5 Å². The average molecular weight is 763 g/mol. The van der Waals surface area contributed by atoms with Gasteiger partial charge in [-0.3, -0.25) is 19.2 Å². The molecule has 2 bridgehead atoms. The minimum absolute atomic E-state index is 0.0947. The molecule has 1 aromatic heterocycles. The number of aromatic nitrogens is 2. The number of rotatable bonds is 10. The van der Waals surface area contributed by atoms with Crippen LogP contribution in [0.5, 0.6) is 0 Å². The van der Waals surface area contributed by atoms with Crippen LogP contribution in [0.15, 0.2) is 47.3 Å². The highest BCUT2D eigenvalue weighted by Gasteiger charge is 2.50. The zero-order valence-corrected chi connectivity index (χ0v) is 33.7. The molecule has 3 saturated heterocycles. The lowest BCUT2D eigenvalue weighted by Gasteiger charge is -2.53. The second kappa shape index (κ2) is 21.2. The van der Waals surface area contributed by atoms with Crippen LogP contribution in [0.4, 0.5) is 4.39 Å². The van der Waals surface area contributed by atoms with Crippen LogP contribution in [-0.2, 0) is 25.5 Å². The second-order valence-corrected chi connectivity index (χ2v) is 14.9. The van der Waals surface area contributed by atoms with Crippen molar-refractivity contribution in [3.63, 3.8) is 0 Å². The highest BCUT2D eigenvalue weighted by molar-refractivity contribution is 5.83. The van der Waals surface area contributed by atoms with Crippen LogP contribution in [-0.4, -0.2) is 95.2 Å². The van der Waals surface area contributed by atoms with Gasteiger partial charge in [-0.1, -0.05) is 77.3 Å². The first kappa shape index (κ1) is 43.6. The van der Waals surface area contributed by atoms with Crippen molar-refractivity contribution in [2.75, 3.05) is 45.9 Å². The fraction of sp³-hybridized carbons (Fsp3) is 0.605. The Bertz CT molecular complexity index is 1730. The van der Waals surface area contributed by atoms with Crippen LogP contribution in [0.3, 0.4) is 0 Å². The first-order valence-corrected chi connectivity index (χ1v) is 20.5. The summed E-state index contributed by atoms with van der Waals surface area (Å²) in [6.45, 7) is 13.7. The lowest BCUT2D eigenvalue weighted by Crippen LogP contribution is -2.65. The summed E-state index contributed by atoms with van der Waals surface area (Å²) in [7, 11) is 0. The third-order valence-electron chi connectivity index (χ3n) is 11.4. The van der Waals surface area contributed by atoms with Crippen LogP contribution in [0.25, 0.3) is 10.8 Å². The summed E-state index contributed by atoms with van der Waals surface area (Å²) in [6.07, 6.45) is 12.0. The van der Waals surface area contributed by atoms with E-state index in [0.29, 0.717) is 75.6 Å². The molecule has 2 saturated carbocycles. The Kier molecular flexibility index (Phi) is 16.8. The Morgan fingerprint density at radius 2 is 1.64 bits per heavy atom. The number of benzene rings is 2. The van der Waals surface area contributed by atoms with E-state index >= 15 is 0 Å². The highest BCUT2D eigenvalue weighted by Crippen LogP contribution is 2.43. The maximum Gasteiger partial charge on any atom is 0.272 e. The molecule has 302 valence electrons. The molecule has 3 aromatic rings. The number of fused-ring (bicyclic) bond motifs is 4. The number of amides is 3. The van der Waals surface area contributed by atoms with Gasteiger partial charge in [0.15, 0.2) is 0 Å². The number of carbonyl (C=O) groups is 3. The van der Waals surface area contributed by atoms with Gasteiger partial charge < -0.3 is 25.2 Å². The van der Waals surface area contributed by atoms with Gasteiger partial charge in [0, 0.05) is 56.5 Å². The van der Waals surface area contributed by atoms with Crippen LogP contribution in [0.1, 0.15) is 109 Å². The number of aromatic amines is 1. The molecule has 3 aliphatic heterocycles. The molecule has 0 radical (unpaired) electrons. The number of nitrogens with one attached hydrogen (secondary N) is 3. The number of ether oxygens (including phenoxy) is 1. The topological polar surface area (TPSA) is 137 Å². The van der Waals surface area contributed by atoms with Gasteiger partial charge >= 0.3 is 0 Å². The number of hydrogen-bond donors (Lipinski definition) is 3. The van der Waals surface area contributed by atoms with Crippen LogP contribution in [0, 0.1) is 18.7 Å². The predicted molar refractivity (Wildman–Crippen MR) is 215 cm³/mol. The number of piperazine rings is 1. The summed E-state index contributed by atoms with van der Waals surface area (Å²) in [6, 6.07) is 12.4. The predicted octanol–water partition coefficient (Wildman–Crippen LogP) is 6.06. The Morgan fingerprint density at radius 1 is 0.964 bits per heavy atom. The molecular weight excluding hydrogens is 700 g/mol. The largest absolute Gasteiger partial charge is 0.371 e. The van der Waals surface area contributed by atoms with Gasteiger partial charge in [-0.15, -0.1) is 0 Å². The maximum absolute atomic E-state index is 13.3. The van der Waals surface area contributed by atoms with Crippen LogP contribution < -0.4 is 16.2 Å². The summed E-state index contributed by atoms with van der Waals surface area (Å²) in [5, 5.41) is 14.7. The molecule has 5 fully saturated rings. The Hall–Kier alpha value is -4.16. The molecular formula is C43H63FN6O5. The van der Waals surface area contributed by atoms with Gasteiger partial charge in [-0.05, 0) is 74.6 Å². The van der Waals surface area contributed by atoms with Gasteiger partial charge in [-0.2, -0.15) is 5.10 Å². The molecule has 2 aromatic carbocycles. The van der Waals surface area contributed by atoms with E-state index in [-0.39, 0.29) is 34.3 Å². The van der Waals surface area contributed by atoms with E-state index in [9.17, 15) is 23.6 Å². The Labute approximate surface area is 326 Å². The Morgan fingerprint density at radius 3 is 2.25 bits per heavy atom. The summed E-state index contributed by atoms with van der Waals surface area (Å²) in [5.41, 5.74) is 1.80. The first-order valence-electron chi connectivity index (χ1n) is 20.5. The van der Waals surface area contributed by atoms with Crippen LogP contribution >= 0.6 is 0 Å². The van der Waals surface area contributed by atoms with E-state index < -0.39 is 0 Å². The SMILES string of the molecule is CC.CC.Cc1cc(Cc2n[nH]c(=O)c3ccccc23)ccc1F.O=CN1CCN(C(=O)CNC23CCC(CNC(=O)CC4CCCCC4)(CC2)OC3)CC1. The summed E-state index contributed by atoms with van der Waals surface area (Å²) in [4.78, 5) is 51.1. The van der Waals surface area contributed by atoms with Crippen molar-refractivity contribution in [1.82, 2.24) is 30.6 Å². The van der Waals surface area contributed by atoms with E-state index in [2.05, 4.69) is 20.8 Å². The molecule has 0 spiro atoms. The fourth-order valence-corrected chi connectivity index (χ4v) is 7.97. The quantitative estimate of drug-likeness (QED) is 0.214. The third-order valence-corrected chi connectivity index (χ3v) is 11.4. The lowest BCUT2D eigenvalue weighted by molar-refractivity contribution is -0.163. The number of aryl methyl sites for hydroxylation is 1. The smallest absolute Gasteiger partial charge is 0.272 e. The maximum atomic E-state index is 13.3. The molecule has 3 N–H and O–H groups in total. The molecule has 12 heteroatoms. The van der Waals surface area contributed by atoms with Crippen molar-refractivity contribution >= 4 is 29.0 Å². The number of carbonyl (C=O) groups excluding carboxylic acids is 3. The zero-order chi connectivity index (χ0) is 39.8. The number of nitrogens with zero attached hydrogens (tertiary/aromatic N) is 3. The first-order chi connectivity index (χ1) is 26.7. The van der Waals surface area contributed by atoms with Gasteiger partial charge in [0.25, 0.3) is 5.56 Å². The van der Waals surface area contributed by atoms with Gasteiger partial charge in [-0.25, -0.2) is 9.49 Å². The standard InChI is InChI=1S/C23H38N4O4.C16H13FN2O.2C2H6/c28-18-26-10-12-27(13-11-26)21(30)15-25-22-6-8-23(9-7-22,31-17-22)16-24-20(29)14-19-4-2-1-3-5-19;1-10-8-11(6-7-14(10)17)9-15-12-4-2-3-5-13(12)16(20)19-18-15;2*1-2/h18-19,25H,1-17H2,(H,24,29);2-8H,9H2,1H3,(H,19,20);2*1-2H3.